The Kier molecular flexibility index (Phi) is 3.91. The summed E-state index contributed by atoms with van der Waals surface area (Å²) < 4.78 is 5.99. The van der Waals surface area contributed by atoms with Crippen LogP contribution in [0.5, 0.6) is 5.75 Å². The number of hydrogen-bond acceptors (Lipinski definition) is 2. The summed E-state index contributed by atoms with van der Waals surface area (Å²) in [4.78, 5) is 10.4. The number of methoxy groups -OCH3 is 1. The van der Waals surface area contributed by atoms with Crippen LogP contribution in [0.2, 0.25) is 0 Å². The van der Waals surface area contributed by atoms with Crippen LogP contribution in [0.4, 0.5) is 0 Å². The molecule has 0 saturated heterocycles. The molecule has 0 spiro atoms. The average Bonchev–Trinajstić information content (AvgIpc) is 2.17. The number of hydrogen-bond donors (Lipinski definition) is 1. The fourth-order valence-electron chi connectivity index (χ4n) is 1.26. The lowest BCUT2D eigenvalue weighted by Gasteiger charge is -2.09. The Balaban J connectivity index is 3.21. The highest BCUT2D eigenvalue weighted by Gasteiger charge is 2.06. The van der Waals surface area contributed by atoms with E-state index in [1.807, 2.05) is 19.1 Å². The minimum atomic E-state index is -0.968. The molecule has 0 aliphatic carbocycles. The van der Waals surface area contributed by atoms with E-state index >= 15 is 0 Å². The van der Waals surface area contributed by atoms with Gasteiger partial charge in [-0.15, -0.1) is 0 Å². The fraction of sp³-hybridized carbons (Fsp3) is 0.182. The Morgan fingerprint density at radius 3 is 2.73 bits per heavy atom. The normalized spacial score (nSPS) is 10.6. The van der Waals surface area contributed by atoms with Gasteiger partial charge in [-0.25, -0.2) is 4.79 Å². The molecule has 0 aliphatic heterocycles. The summed E-state index contributed by atoms with van der Waals surface area (Å²) >= 11 is 3.36. The Morgan fingerprint density at radius 1 is 1.53 bits per heavy atom. The van der Waals surface area contributed by atoms with Gasteiger partial charge in [-0.1, -0.05) is 15.9 Å². The van der Waals surface area contributed by atoms with Crippen molar-refractivity contribution in [3.8, 4) is 5.75 Å². The van der Waals surface area contributed by atoms with Crippen molar-refractivity contribution in [2.45, 2.75) is 6.92 Å². The minimum absolute atomic E-state index is 0.739. The van der Waals surface area contributed by atoms with Gasteiger partial charge in [-0.3, -0.25) is 0 Å². The third-order valence-electron chi connectivity index (χ3n) is 2.02. The Hall–Kier alpha value is -1.29. The van der Waals surface area contributed by atoms with Gasteiger partial charge in [0.25, 0.3) is 0 Å². The lowest BCUT2D eigenvalue weighted by molar-refractivity contribution is -0.131. The van der Waals surface area contributed by atoms with Crippen LogP contribution in [0.1, 0.15) is 11.1 Å². The first kappa shape index (κ1) is 11.8. The molecule has 1 rings (SSSR count). The molecule has 0 radical (unpaired) electrons. The summed E-state index contributed by atoms with van der Waals surface area (Å²) in [6.45, 7) is 1.88. The highest BCUT2D eigenvalue weighted by molar-refractivity contribution is 9.10. The van der Waals surface area contributed by atoms with Gasteiger partial charge >= 0.3 is 5.97 Å². The summed E-state index contributed by atoms with van der Waals surface area (Å²) in [6.07, 6.45) is 2.65. The van der Waals surface area contributed by atoms with Crippen molar-refractivity contribution in [2.75, 3.05) is 7.11 Å². The molecule has 0 aliphatic rings. The number of carbonyl (C=O) groups is 1. The van der Waals surface area contributed by atoms with Crippen molar-refractivity contribution in [3.05, 3.63) is 33.8 Å². The van der Waals surface area contributed by atoms with Crippen LogP contribution in [0, 0.1) is 6.92 Å². The standard InChI is InChI=1S/C11H11BrO3/c1-7-8(3-6-11(13)14)9(12)4-5-10(7)15-2/h3-6H,1-2H3,(H,13,14)/b6-3+. The van der Waals surface area contributed by atoms with Crippen LogP contribution in [-0.4, -0.2) is 18.2 Å². The van der Waals surface area contributed by atoms with Crippen molar-refractivity contribution in [3.63, 3.8) is 0 Å². The summed E-state index contributed by atoms with van der Waals surface area (Å²) in [5, 5.41) is 8.55. The predicted molar refractivity (Wildman–Crippen MR) is 62.1 cm³/mol. The third kappa shape index (κ3) is 2.83. The maximum Gasteiger partial charge on any atom is 0.328 e. The van der Waals surface area contributed by atoms with Gasteiger partial charge in [-0.05, 0) is 36.3 Å². The number of halogens is 1. The highest BCUT2D eigenvalue weighted by Crippen LogP contribution is 2.29. The molecule has 1 aromatic carbocycles. The molecule has 0 amide bonds. The SMILES string of the molecule is COc1ccc(Br)c(/C=C/C(=O)O)c1C. The lowest BCUT2D eigenvalue weighted by Crippen LogP contribution is -1.92. The number of carboxylic acid groups (broad SMARTS) is 1. The topological polar surface area (TPSA) is 46.5 Å². The quantitative estimate of drug-likeness (QED) is 0.860. The summed E-state index contributed by atoms with van der Waals surface area (Å²) in [6, 6.07) is 3.66. The summed E-state index contributed by atoms with van der Waals surface area (Å²) in [5.41, 5.74) is 1.72. The van der Waals surface area contributed by atoms with Crippen LogP contribution in [0.25, 0.3) is 6.08 Å². The smallest absolute Gasteiger partial charge is 0.328 e. The van der Waals surface area contributed by atoms with E-state index in [2.05, 4.69) is 15.9 Å². The molecule has 1 N–H and O–H groups in total. The predicted octanol–water partition coefficient (Wildman–Crippen LogP) is 2.86. The first-order valence-electron chi connectivity index (χ1n) is 4.30. The van der Waals surface area contributed by atoms with Crippen LogP contribution in [-0.2, 0) is 4.79 Å². The van der Waals surface area contributed by atoms with E-state index in [1.54, 1.807) is 13.2 Å². The van der Waals surface area contributed by atoms with Gasteiger partial charge in [0, 0.05) is 10.5 Å². The largest absolute Gasteiger partial charge is 0.496 e. The van der Waals surface area contributed by atoms with Crippen LogP contribution in [0.15, 0.2) is 22.7 Å². The number of carboxylic acids is 1. The fourth-order valence-corrected chi connectivity index (χ4v) is 1.82. The summed E-state index contributed by atoms with van der Waals surface area (Å²) in [5.74, 6) is -0.229. The number of rotatable bonds is 3. The molecule has 0 unspecified atom stereocenters. The van der Waals surface area contributed by atoms with E-state index in [0.717, 1.165) is 27.4 Å². The number of ether oxygens (including phenoxy) is 1. The van der Waals surface area contributed by atoms with E-state index in [9.17, 15) is 4.79 Å². The zero-order valence-corrected chi connectivity index (χ0v) is 10.0. The van der Waals surface area contributed by atoms with Gasteiger partial charge in [-0.2, -0.15) is 0 Å². The van der Waals surface area contributed by atoms with Crippen LogP contribution >= 0.6 is 15.9 Å². The average molecular weight is 271 g/mol. The Labute approximate surface area is 96.5 Å². The molecule has 0 heterocycles. The molecule has 15 heavy (non-hydrogen) atoms. The molecule has 0 atom stereocenters. The van der Waals surface area contributed by atoms with Gasteiger partial charge in [0.05, 0.1) is 7.11 Å². The van der Waals surface area contributed by atoms with Crippen molar-refractivity contribution in [2.24, 2.45) is 0 Å². The second-order valence-corrected chi connectivity index (χ2v) is 3.81. The molecule has 3 nitrogen and oxygen atoms in total. The second-order valence-electron chi connectivity index (χ2n) is 2.96. The van der Waals surface area contributed by atoms with Crippen LogP contribution < -0.4 is 4.74 Å². The number of aliphatic carboxylic acids is 1. The van der Waals surface area contributed by atoms with E-state index in [-0.39, 0.29) is 0 Å². The Bertz CT molecular complexity index is 411. The zero-order valence-electron chi connectivity index (χ0n) is 8.45. The molecular weight excluding hydrogens is 260 g/mol. The van der Waals surface area contributed by atoms with Gasteiger partial charge in [0.1, 0.15) is 5.75 Å². The van der Waals surface area contributed by atoms with E-state index in [4.69, 9.17) is 9.84 Å². The lowest BCUT2D eigenvalue weighted by atomic mass is 10.1. The molecular formula is C11H11BrO3. The maximum absolute atomic E-state index is 10.4. The monoisotopic (exact) mass is 270 g/mol. The third-order valence-corrected chi connectivity index (χ3v) is 2.72. The molecule has 80 valence electrons. The minimum Gasteiger partial charge on any atom is -0.496 e. The molecule has 0 saturated carbocycles. The maximum atomic E-state index is 10.4. The molecule has 1 aromatic rings. The van der Waals surface area contributed by atoms with Crippen molar-refractivity contribution in [1.82, 2.24) is 0 Å². The van der Waals surface area contributed by atoms with E-state index in [1.165, 1.54) is 0 Å². The van der Waals surface area contributed by atoms with Crippen LogP contribution in [0.3, 0.4) is 0 Å². The summed E-state index contributed by atoms with van der Waals surface area (Å²) in [7, 11) is 1.58. The van der Waals surface area contributed by atoms with Crippen molar-refractivity contribution >= 4 is 28.0 Å². The van der Waals surface area contributed by atoms with Crippen molar-refractivity contribution < 1.29 is 14.6 Å². The number of benzene rings is 1. The van der Waals surface area contributed by atoms with E-state index in [0.29, 0.717) is 0 Å². The van der Waals surface area contributed by atoms with Gasteiger partial charge in [0.15, 0.2) is 0 Å². The van der Waals surface area contributed by atoms with E-state index < -0.39 is 5.97 Å². The zero-order chi connectivity index (χ0) is 11.4. The Morgan fingerprint density at radius 2 is 2.20 bits per heavy atom. The van der Waals surface area contributed by atoms with Gasteiger partial charge < -0.3 is 9.84 Å². The first-order chi connectivity index (χ1) is 7.06. The second kappa shape index (κ2) is 4.98. The molecule has 0 fully saturated rings. The molecule has 4 heteroatoms. The van der Waals surface area contributed by atoms with Crippen molar-refractivity contribution in [1.29, 1.82) is 0 Å². The molecule has 0 aromatic heterocycles. The highest BCUT2D eigenvalue weighted by atomic mass is 79.9. The van der Waals surface area contributed by atoms with Gasteiger partial charge in [0.2, 0.25) is 0 Å². The first-order valence-corrected chi connectivity index (χ1v) is 5.09. The molecule has 0 bridgehead atoms.